The summed E-state index contributed by atoms with van der Waals surface area (Å²) < 4.78 is 1.00. The van der Waals surface area contributed by atoms with Gasteiger partial charge in [-0.1, -0.05) is 0 Å². The summed E-state index contributed by atoms with van der Waals surface area (Å²) in [5, 5.41) is 32.2. The lowest BCUT2D eigenvalue weighted by atomic mass is 10.2. The number of rotatable bonds is 10. The standard InChI is InChI=1S/C15H21N7O3/c1-18-13-9-21-22(15(25)12(13)8-19-4-5-23)10-14(24)20-7-11(6-17)2-3-16/h2-3,6,8-9,16-18,23H,4-5,7,10H2,1H3,(H,20,24)/b11-2+,16-3?,17-6?,19-8?. The monoisotopic (exact) mass is 347 g/mol. The molecule has 0 atom stereocenters. The highest BCUT2D eigenvalue weighted by Gasteiger charge is 2.11. The Kier molecular flexibility index (Phi) is 8.44. The van der Waals surface area contributed by atoms with Crippen molar-refractivity contribution in [1.82, 2.24) is 15.1 Å². The zero-order chi connectivity index (χ0) is 18.7. The number of hydrogen-bond acceptors (Lipinski definition) is 8. The van der Waals surface area contributed by atoms with Crippen molar-refractivity contribution < 1.29 is 9.90 Å². The minimum Gasteiger partial charge on any atom is -0.394 e. The molecular formula is C15H21N7O3. The van der Waals surface area contributed by atoms with E-state index in [0.29, 0.717) is 11.3 Å². The van der Waals surface area contributed by atoms with E-state index >= 15 is 0 Å². The Morgan fingerprint density at radius 1 is 1.48 bits per heavy atom. The molecule has 0 bridgehead atoms. The third-order valence-corrected chi connectivity index (χ3v) is 3.07. The second-order valence-corrected chi connectivity index (χ2v) is 4.77. The van der Waals surface area contributed by atoms with Crippen LogP contribution in [0.1, 0.15) is 5.56 Å². The number of nitrogens with one attached hydrogen (secondary N) is 4. The zero-order valence-corrected chi connectivity index (χ0v) is 13.8. The van der Waals surface area contributed by atoms with Gasteiger partial charge in [0.25, 0.3) is 5.56 Å². The highest BCUT2D eigenvalue weighted by atomic mass is 16.3. The molecule has 1 aromatic heterocycles. The van der Waals surface area contributed by atoms with Gasteiger partial charge in [0.15, 0.2) is 0 Å². The second kappa shape index (κ2) is 10.6. The first-order chi connectivity index (χ1) is 12.1. The first-order valence-electron chi connectivity index (χ1n) is 7.42. The summed E-state index contributed by atoms with van der Waals surface area (Å²) >= 11 is 0. The Morgan fingerprint density at radius 2 is 2.24 bits per heavy atom. The molecule has 1 rings (SSSR count). The van der Waals surface area contributed by atoms with Gasteiger partial charge in [0.2, 0.25) is 5.91 Å². The average Bonchev–Trinajstić information content (AvgIpc) is 2.61. The first kappa shape index (κ1) is 19.9. The van der Waals surface area contributed by atoms with Gasteiger partial charge >= 0.3 is 0 Å². The van der Waals surface area contributed by atoms with Crippen LogP contribution in [0, 0.1) is 10.8 Å². The second-order valence-electron chi connectivity index (χ2n) is 4.77. The van der Waals surface area contributed by atoms with Crippen LogP contribution in [0.4, 0.5) is 5.69 Å². The molecule has 0 aliphatic heterocycles. The third-order valence-electron chi connectivity index (χ3n) is 3.07. The number of aliphatic hydroxyl groups excluding tert-OH is 1. The quantitative estimate of drug-likeness (QED) is 0.344. The number of hydrogen-bond donors (Lipinski definition) is 5. The summed E-state index contributed by atoms with van der Waals surface area (Å²) in [4.78, 5) is 28.3. The molecule has 0 aliphatic carbocycles. The lowest BCUT2D eigenvalue weighted by molar-refractivity contribution is -0.121. The predicted octanol–water partition coefficient (Wildman–Crippen LogP) is -0.962. The SMILES string of the molecule is CNc1cnn(CC(=O)NC/C(C=N)=C/C=N)c(=O)c1C=NCCO. The van der Waals surface area contributed by atoms with E-state index in [1.807, 2.05) is 0 Å². The Hall–Kier alpha value is -3.14. The van der Waals surface area contributed by atoms with E-state index in [1.165, 1.54) is 18.5 Å². The van der Waals surface area contributed by atoms with Crippen molar-refractivity contribution in [2.24, 2.45) is 4.99 Å². The molecule has 0 radical (unpaired) electrons. The van der Waals surface area contributed by atoms with Gasteiger partial charge in [-0.05, 0) is 11.6 Å². The molecule has 25 heavy (non-hydrogen) atoms. The Labute approximate surface area is 144 Å². The number of carbonyl (C=O) groups excluding carboxylic acids is 1. The topological polar surface area (TPSA) is 156 Å². The number of nitrogens with zero attached hydrogens (tertiary/aromatic N) is 3. The maximum absolute atomic E-state index is 12.4. The molecular weight excluding hydrogens is 326 g/mol. The molecule has 0 saturated heterocycles. The van der Waals surface area contributed by atoms with Crippen molar-refractivity contribution in [3.8, 4) is 0 Å². The van der Waals surface area contributed by atoms with Gasteiger partial charge in [0.05, 0.1) is 30.6 Å². The maximum atomic E-state index is 12.4. The van der Waals surface area contributed by atoms with Crippen LogP contribution in [-0.2, 0) is 11.3 Å². The molecule has 1 aromatic rings. The van der Waals surface area contributed by atoms with Gasteiger partial charge in [0.1, 0.15) is 6.54 Å². The van der Waals surface area contributed by atoms with Gasteiger partial charge in [-0.3, -0.25) is 14.6 Å². The van der Waals surface area contributed by atoms with Crippen LogP contribution >= 0.6 is 0 Å². The molecule has 10 heteroatoms. The average molecular weight is 347 g/mol. The molecule has 0 aromatic carbocycles. The molecule has 5 N–H and O–H groups in total. The van der Waals surface area contributed by atoms with E-state index in [1.54, 1.807) is 7.05 Å². The lowest BCUT2D eigenvalue weighted by Crippen LogP contribution is -2.36. The molecule has 0 aliphatic rings. The van der Waals surface area contributed by atoms with E-state index in [2.05, 4.69) is 20.7 Å². The fourth-order valence-corrected chi connectivity index (χ4v) is 1.81. The Balaban J connectivity index is 2.91. The van der Waals surface area contributed by atoms with Gasteiger partial charge in [0, 0.05) is 32.2 Å². The number of aliphatic hydroxyl groups is 1. The van der Waals surface area contributed by atoms with Crippen molar-refractivity contribution in [2.75, 3.05) is 32.1 Å². The van der Waals surface area contributed by atoms with E-state index in [4.69, 9.17) is 15.9 Å². The van der Waals surface area contributed by atoms with E-state index in [-0.39, 0.29) is 31.8 Å². The van der Waals surface area contributed by atoms with Crippen LogP contribution in [0.5, 0.6) is 0 Å². The molecule has 0 saturated carbocycles. The summed E-state index contributed by atoms with van der Waals surface area (Å²) in [7, 11) is 1.63. The fourth-order valence-electron chi connectivity index (χ4n) is 1.81. The minimum atomic E-state index is -0.494. The van der Waals surface area contributed by atoms with Crippen molar-refractivity contribution in [1.29, 1.82) is 10.8 Å². The minimum absolute atomic E-state index is 0.0753. The molecule has 0 fully saturated rings. The smallest absolute Gasteiger partial charge is 0.278 e. The molecule has 1 amide bonds. The van der Waals surface area contributed by atoms with Crippen LogP contribution in [0.25, 0.3) is 0 Å². The van der Waals surface area contributed by atoms with Crippen LogP contribution in [0.15, 0.2) is 27.6 Å². The number of amides is 1. The molecule has 1 heterocycles. The molecule has 134 valence electrons. The normalized spacial score (nSPS) is 11.4. The number of allylic oxidation sites excluding steroid dienone is 1. The predicted molar refractivity (Wildman–Crippen MR) is 96.3 cm³/mol. The number of anilines is 1. The lowest BCUT2D eigenvalue weighted by Gasteiger charge is -2.09. The summed E-state index contributed by atoms with van der Waals surface area (Å²) in [5.41, 5.74) is 0.656. The van der Waals surface area contributed by atoms with Crippen molar-refractivity contribution >= 4 is 30.2 Å². The largest absolute Gasteiger partial charge is 0.394 e. The molecule has 0 unspecified atom stereocenters. The van der Waals surface area contributed by atoms with E-state index in [0.717, 1.165) is 17.1 Å². The van der Waals surface area contributed by atoms with Crippen molar-refractivity contribution in [3.05, 3.63) is 33.8 Å². The highest BCUT2D eigenvalue weighted by Crippen LogP contribution is 2.05. The Morgan fingerprint density at radius 3 is 2.84 bits per heavy atom. The van der Waals surface area contributed by atoms with Crippen molar-refractivity contribution in [2.45, 2.75) is 6.54 Å². The van der Waals surface area contributed by atoms with Gasteiger partial charge < -0.3 is 26.6 Å². The summed E-state index contributed by atoms with van der Waals surface area (Å²) in [6.07, 6.45) is 6.18. The third kappa shape index (κ3) is 6.11. The van der Waals surface area contributed by atoms with Crippen LogP contribution < -0.4 is 16.2 Å². The highest BCUT2D eigenvalue weighted by molar-refractivity contribution is 5.87. The summed E-state index contributed by atoms with van der Waals surface area (Å²) in [5.74, 6) is -0.456. The summed E-state index contributed by atoms with van der Waals surface area (Å²) in [6.45, 7) is -0.186. The number of aliphatic imine (C=N–C) groups is 1. The molecule has 0 spiro atoms. The van der Waals surface area contributed by atoms with Crippen LogP contribution in [0.2, 0.25) is 0 Å². The maximum Gasteiger partial charge on any atom is 0.278 e. The van der Waals surface area contributed by atoms with E-state index in [9.17, 15) is 9.59 Å². The number of aromatic nitrogens is 2. The van der Waals surface area contributed by atoms with Gasteiger partial charge in [-0.2, -0.15) is 5.10 Å². The van der Waals surface area contributed by atoms with Crippen LogP contribution in [0.3, 0.4) is 0 Å². The molecule has 10 nitrogen and oxygen atoms in total. The first-order valence-corrected chi connectivity index (χ1v) is 7.42. The summed E-state index contributed by atoms with van der Waals surface area (Å²) in [6, 6.07) is 0. The van der Waals surface area contributed by atoms with Gasteiger partial charge in [-0.25, -0.2) is 4.68 Å². The van der Waals surface area contributed by atoms with Gasteiger partial charge in [-0.15, -0.1) is 0 Å². The number of carbonyl (C=O) groups is 1. The fraction of sp³-hybridized carbons (Fsp3) is 0.333. The van der Waals surface area contributed by atoms with Crippen molar-refractivity contribution in [3.63, 3.8) is 0 Å². The van der Waals surface area contributed by atoms with E-state index < -0.39 is 11.5 Å². The zero-order valence-electron chi connectivity index (χ0n) is 13.8. The van der Waals surface area contributed by atoms with Crippen LogP contribution in [-0.4, -0.2) is 66.2 Å². The Bertz CT molecular complexity index is 737.